The molecule has 0 aliphatic carbocycles. The Morgan fingerprint density at radius 2 is 2.03 bits per heavy atom. The molecule has 1 N–H and O–H groups in total. The molecule has 2 amide bonds. The Morgan fingerprint density at radius 1 is 1.19 bits per heavy atom. The van der Waals surface area contributed by atoms with Gasteiger partial charge in [-0.3, -0.25) is 14.5 Å². The van der Waals surface area contributed by atoms with Crippen LogP contribution in [0.1, 0.15) is 5.56 Å². The van der Waals surface area contributed by atoms with Gasteiger partial charge in [0, 0.05) is 30.3 Å². The smallest absolute Gasteiger partial charge is 0.256 e. The summed E-state index contributed by atoms with van der Waals surface area (Å²) in [6.07, 6.45) is 5.92. The van der Waals surface area contributed by atoms with E-state index >= 15 is 0 Å². The van der Waals surface area contributed by atoms with Gasteiger partial charge in [-0.1, -0.05) is 30.3 Å². The average Bonchev–Trinajstić information content (AvgIpc) is 3.25. The number of pyridine rings is 2. The summed E-state index contributed by atoms with van der Waals surface area (Å²) in [5, 5.41) is 6.79. The third kappa shape index (κ3) is 4.35. The number of fused-ring (bicyclic) bond motifs is 1. The Kier molecular flexibility index (Phi) is 5.96. The van der Waals surface area contributed by atoms with Gasteiger partial charge in [0.05, 0.1) is 22.6 Å². The highest BCUT2D eigenvalue weighted by molar-refractivity contribution is 6.31. The number of anilines is 3. The van der Waals surface area contributed by atoms with E-state index in [0.29, 0.717) is 22.8 Å². The Hall–Kier alpha value is -4.04. The van der Waals surface area contributed by atoms with Gasteiger partial charge in [-0.05, 0) is 42.0 Å². The lowest BCUT2D eigenvalue weighted by molar-refractivity contribution is -0.115. The van der Waals surface area contributed by atoms with E-state index in [9.17, 15) is 14.0 Å². The number of hydrogen-bond donors (Lipinski definition) is 1. The molecule has 1 aromatic carbocycles. The summed E-state index contributed by atoms with van der Waals surface area (Å²) in [5.74, 6) is -1.08. The molecule has 0 fully saturated rings. The number of amides is 2. The van der Waals surface area contributed by atoms with E-state index in [0.717, 1.165) is 5.52 Å². The van der Waals surface area contributed by atoms with Crippen LogP contribution in [-0.2, 0) is 16.0 Å². The first-order valence-corrected chi connectivity index (χ1v) is 9.93. The van der Waals surface area contributed by atoms with Crippen LogP contribution in [0.3, 0.4) is 0 Å². The van der Waals surface area contributed by atoms with Gasteiger partial charge in [0.2, 0.25) is 5.91 Å². The van der Waals surface area contributed by atoms with Crippen LogP contribution in [0.4, 0.5) is 21.6 Å². The minimum Gasteiger partial charge on any atom is -0.326 e. The van der Waals surface area contributed by atoms with Crippen LogP contribution in [0.5, 0.6) is 0 Å². The van der Waals surface area contributed by atoms with E-state index in [2.05, 4.69) is 22.0 Å². The minimum atomic E-state index is -0.586. The van der Waals surface area contributed by atoms with Crippen molar-refractivity contribution in [1.29, 1.82) is 0 Å². The molecule has 0 aliphatic heterocycles. The molecular weight excluding hydrogens is 433 g/mol. The van der Waals surface area contributed by atoms with E-state index in [4.69, 9.17) is 11.6 Å². The molecule has 0 saturated carbocycles. The maximum Gasteiger partial charge on any atom is 0.256 e. The van der Waals surface area contributed by atoms with Crippen molar-refractivity contribution in [3.63, 3.8) is 0 Å². The van der Waals surface area contributed by atoms with Crippen LogP contribution in [0.25, 0.3) is 5.52 Å². The molecule has 0 spiro atoms. The number of benzene rings is 1. The zero-order chi connectivity index (χ0) is 22.7. The van der Waals surface area contributed by atoms with Crippen LogP contribution >= 0.6 is 11.6 Å². The second kappa shape index (κ2) is 8.99. The minimum absolute atomic E-state index is 0.0870. The first-order valence-electron chi connectivity index (χ1n) is 9.55. The van der Waals surface area contributed by atoms with Gasteiger partial charge in [-0.25, -0.2) is 13.9 Å². The molecule has 4 aromatic rings. The first-order chi connectivity index (χ1) is 15.5. The number of aromatic nitrogens is 3. The van der Waals surface area contributed by atoms with E-state index < -0.39 is 17.6 Å². The first kappa shape index (κ1) is 21.2. The summed E-state index contributed by atoms with van der Waals surface area (Å²) in [7, 11) is 0. The van der Waals surface area contributed by atoms with E-state index in [-0.39, 0.29) is 11.4 Å². The molecule has 0 unspecified atom stereocenters. The van der Waals surface area contributed by atoms with Crippen molar-refractivity contribution in [1.82, 2.24) is 14.6 Å². The molecule has 0 aliphatic rings. The molecule has 3 aromatic heterocycles. The molecular formula is C23H17ClFN5O2. The van der Waals surface area contributed by atoms with Crippen molar-refractivity contribution >= 4 is 46.1 Å². The fraction of sp³-hybridized carbons (Fsp3) is 0.0435. The van der Waals surface area contributed by atoms with Crippen molar-refractivity contribution in [2.24, 2.45) is 0 Å². The summed E-state index contributed by atoms with van der Waals surface area (Å²) >= 11 is 5.93. The van der Waals surface area contributed by atoms with Crippen LogP contribution in [0, 0.1) is 5.82 Å². The lowest BCUT2D eigenvalue weighted by atomic mass is 10.1. The van der Waals surface area contributed by atoms with Gasteiger partial charge < -0.3 is 5.32 Å². The highest BCUT2D eigenvalue weighted by Crippen LogP contribution is 2.27. The second-order valence-corrected chi connectivity index (χ2v) is 7.18. The topological polar surface area (TPSA) is 79.6 Å². The van der Waals surface area contributed by atoms with Crippen LogP contribution in [0.2, 0.25) is 5.02 Å². The molecule has 3 heterocycles. The SMILES string of the molecule is C=CC(=O)N(c1ccn2nccc2c1)c1cc(NC(=O)Cc2cccc(F)c2Cl)ccn1. The third-order valence-electron chi connectivity index (χ3n) is 4.68. The lowest BCUT2D eigenvalue weighted by Crippen LogP contribution is -2.25. The van der Waals surface area contributed by atoms with E-state index in [1.807, 2.05) is 6.07 Å². The van der Waals surface area contributed by atoms with Crippen molar-refractivity contribution < 1.29 is 14.0 Å². The monoisotopic (exact) mass is 449 g/mol. The van der Waals surface area contributed by atoms with Gasteiger partial charge >= 0.3 is 0 Å². The van der Waals surface area contributed by atoms with Crippen LogP contribution in [-0.4, -0.2) is 26.4 Å². The van der Waals surface area contributed by atoms with Gasteiger partial charge in [0.25, 0.3) is 5.91 Å². The summed E-state index contributed by atoms with van der Waals surface area (Å²) in [6.45, 7) is 3.57. The number of halogens is 2. The molecule has 4 rings (SSSR count). The molecule has 0 bridgehead atoms. The zero-order valence-electron chi connectivity index (χ0n) is 16.7. The summed E-state index contributed by atoms with van der Waals surface area (Å²) < 4.78 is 15.3. The average molecular weight is 450 g/mol. The number of rotatable bonds is 6. The van der Waals surface area contributed by atoms with E-state index in [1.165, 1.54) is 29.3 Å². The highest BCUT2D eigenvalue weighted by Gasteiger charge is 2.18. The molecule has 0 atom stereocenters. The van der Waals surface area contributed by atoms with E-state index in [1.54, 1.807) is 47.2 Å². The quantitative estimate of drug-likeness (QED) is 0.438. The van der Waals surface area contributed by atoms with Crippen molar-refractivity contribution in [2.75, 3.05) is 10.2 Å². The third-order valence-corrected chi connectivity index (χ3v) is 5.10. The standard InChI is InChI=1S/C23H17ClFN5O2/c1-2-22(32)30(18-8-11-29-17(14-18)7-10-27-29)20-13-16(6-9-26-20)28-21(31)12-15-4-3-5-19(25)23(15)24/h2-11,13-14H,1,12H2,(H,26,28,31). The van der Waals surface area contributed by atoms with Gasteiger partial charge in [0.1, 0.15) is 11.6 Å². The largest absolute Gasteiger partial charge is 0.326 e. The maximum atomic E-state index is 13.6. The number of nitrogens with zero attached hydrogens (tertiary/aromatic N) is 4. The van der Waals surface area contributed by atoms with Crippen molar-refractivity contribution in [2.45, 2.75) is 6.42 Å². The Bertz CT molecular complexity index is 1340. The number of hydrogen-bond acceptors (Lipinski definition) is 4. The van der Waals surface area contributed by atoms with Crippen molar-refractivity contribution in [3.8, 4) is 0 Å². The number of carbonyl (C=O) groups excluding carboxylic acids is 2. The summed E-state index contributed by atoms with van der Waals surface area (Å²) in [6, 6.07) is 12.8. The normalized spacial score (nSPS) is 10.7. The Labute approximate surface area is 187 Å². The predicted molar refractivity (Wildman–Crippen MR) is 121 cm³/mol. The summed E-state index contributed by atoms with van der Waals surface area (Å²) in [5.41, 5.74) is 2.14. The van der Waals surface area contributed by atoms with Gasteiger partial charge in [0.15, 0.2) is 0 Å². The van der Waals surface area contributed by atoms with Crippen molar-refractivity contribution in [3.05, 3.63) is 96.2 Å². The molecule has 7 nitrogen and oxygen atoms in total. The highest BCUT2D eigenvalue weighted by atomic mass is 35.5. The lowest BCUT2D eigenvalue weighted by Gasteiger charge is -2.21. The molecule has 0 radical (unpaired) electrons. The Morgan fingerprint density at radius 3 is 2.84 bits per heavy atom. The fourth-order valence-electron chi connectivity index (χ4n) is 3.19. The fourth-order valence-corrected chi connectivity index (χ4v) is 3.39. The maximum absolute atomic E-state index is 13.6. The predicted octanol–water partition coefficient (Wildman–Crippen LogP) is 4.55. The van der Waals surface area contributed by atoms with Crippen LogP contribution < -0.4 is 10.2 Å². The molecule has 160 valence electrons. The number of carbonyl (C=O) groups is 2. The van der Waals surface area contributed by atoms with Gasteiger partial charge in [-0.2, -0.15) is 5.10 Å². The van der Waals surface area contributed by atoms with Gasteiger partial charge in [-0.15, -0.1) is 0 Å². The summed E-state index contributed by atoms with van der Waals surface area (Å²) in [4.78, 5) is 30.8. The Balaban J connectivity index is 1.60. The number of nitrogens with one attached hydrogen (secondary N) is 1. The molecule has 0 saturated heterocycles. The second-order valence-electron chi connectivity index (χ2n) is 6.80. The zero-order valence-corrected chi connectivity index (χ0v) is 17.5. The molecule has 9 heteroatoms. The molecule has 32 heavy (non-hydrogen) atoms. The van der Waals surface area contributed by atoms with Crippen LogP contribution in [0.15, 0.2) is 79.8 Å².